The SMILES string of the molecule is COC(=O)c1ccc(NC(C)C(=O)OC)c(F)c1F. The van der Waals surface area contributed by atoms with Crippen LogP contribution < -0.4 is 5.32 Å². The van der Waals surface area contributed by atoms with Gasteiger partial charge in [-0.25, -0.2) is 18.4 Å². The Morgan fingerprint density at radius 2 is 1.79 bits per heavy atom. The van der Waals surface area contributed by atoms with Gasteiger partial charge >= 0.3 is 11.9 Å². The highest BCUT2D eigenvalue weighted by molar-refractivity contribution is 5.90. The summed E-state index contributed by atoms with van der Waals surface area (Å²) in [6.45, 7) is 1.43. The lowest BCUT2D eigenvalue weighted by molar-refractivity contribution is -0.141. The van der Waals surface area contributed by atoms with Gasteiger partial charge in [0.25, 0.3) is 0 Å². The molecule has 0 spiro atoms. The zero-order valence-corrected chi connectivity index (χ0v) is 10.6. The number of hydrogen-bond donors (Lipinski definition) is 1. The predicted molar refractivity (Wildman–Crippen MR) is 62.8 cm³/mol. The largest absolute Gasteiger partial charge is 0.467 e. The van der Waals surface area contributed by atoms with Crippen LogP contribution in [0.2, 0.25) is 0 Å². The molecule has 1 aromatic rings. The molecule has 0 saturated heterocycles. The highest BCUT2D eigenvalue weighted by atomic mass is 19.2. The minimum absolute atomic E-state index is 0.247. The van der Waals surface area contributed by atoms with Crippen molar-refractivity contribution in [3.05, 3.63) is 29.3 Å². The van der Waals surface area contributed by atoms with Crippen molar-refractivity contribution in [1.82, 2.24) is 0 Å². The Bertz CT molecular complexity index is 505. The molecule has 104 valence electrons. The summed E-state index contributed by atoms with van der Waals surface area (Å²) >= 11 is 0. The van der Waals surface area contributed by atoms with Crippen LogP contribution in [-0.2, 0) is 14.3 Å². The van der Waals surface area contributed by atoms with Gasteiger partial charge in [-0.1, -0.05) is 0 Å². The summed E-state index contributed by atoms with van der Waals surface area (Å²) in [7, 11) is 2.24. The van der Waals surface area contributed by atoms with Crippen LogP contribution >= 0.6 is 0 Å². The quantitative estimate of drug-likeness (QED) is 0.846. The lowest BCUT2D eigenvalue weighted by Gasteiger charge is -2.14. The number of methoxy groups -OCH3 is 2. The van der Waals surface area contributed by atoms with Gasteiger partial charge in [-0.15, -0.1) is 0 Å². The molecule has 0 aliphatic rings. The average molecular weight is 273 g/mol. The molecule has 1 aromatic carbocycles. The van der Waals surface area contributed by atoms with Crippen LogP contribution in [0, 0.1) is 11.6 Å². The van der Waals surface area contributed by atoms with Crippen molar-refractivity contribution in [3.63, 3.8) is 0 Å². The first-order chi connectivity index (χ1) is 8.92. The molecule has 0 heterocycles. The highest BCUT2D eigenvalue weighted by Crippen LogP contribution is 2.22. The minimum Gasteiger partial charge on any atom is -0.467 e. The fourth-order valence-electron chi connectivity index (χ4n) is 1.40. The molecule has 1 unspecified atom stereocenters. The second kappa shape index (κ2) is 6.12. The van der Waals surface area contributed by atoms with E-state index in [1.807, 2.05) is 0 Å². The monoisotopic (exact) mass is 273 g/mol. The van der Waals surface area contributed by atoms with Crippen molar-refractivity contribution < 1.29 is 27.8 Å². The van der Waals surface area contributed by atoms with Crippen molar-refractivity contribution in [2.75, 3.05) is 19.5 Å². The van der Waals surface area contributed by atoms with Crippen molar-refractivity contribution in [2.45, 2.75) is 13.0 Å². The fourth-order valence-corrected chi connectivity index (χ4v) is 1.40. The first kappa shape index (κ1) is 14.9. The molecular weight excluding hydrogens is 260 g/mol. The fraction of sp³-hybridized carbons (Fsp3) is 0.333. The van der Waals surface area contributed by atoms with Crippen LogP contribution in [0.3, 0.4) is 0 Å². The first-order valence-electron chi connectivity index (χ1n) is 5.33. The molecule has 1 atom stereocenters. The third kappa shape index (κ3) is 3.18. The molecule has 0 bridgehead atoms. The third-order valence-corrected chi connectivity index (χ3v) is 2.41. The zero-order chi connectivity index (χ0) is 14.6. The number of ether oxygens (including phenoxy) is 2. The molecule has 0 saturated carbocycles. The molecule has 0 amide bonds. The molecule has 0 fully saturated rings. The highest BCUT2D eigenvalue weighted by Gasteiger charge is 2.21. The zero-order valence-electron chi connectivity index (χ0n) is 10.6. The van der Waals surface area contributed by atoms with E-state index in [0.29, 0.717) is 0 Å². The van der Waals surface area contributed by atoms with E-state index in [4.69, 9.17) is 0 Å². The van der Waals surface area contributed by atoms with Gasteiger partial charge in [-0.3, -0.25) is 0 Å². The number of anilines is 1. The molecule has 0 aromatic heterocycles. The summed E-state index contributed by atoms with van der Waals surface area (Å²) in [5.74, 6) is -4.21. The van der Waals surface area contributed by atoms with Gasteiger partial charge in [-0.05, 0) is 19.1 Å². The van der Waals surface area contributed by atoms with Crippen LogP contribution in [0.1, 0.15) is 17.3 Å². The van der Waals surface area contributed by atoms with Gasteiger partial charge in [0.15, 0.2) is 11.6 Å². The van der Waals surface area contributed by atoms with Crippen LogP contribution in [0.5, 0.6) is 0 Å². The lowest BCUT2D eigenvalue weighted by Crippen LogP contribution is -2.27. The van der Waals surface area contributed by atoms with E-state index in [1.165, 1.54) is 14.0 Å². The molecule has 0 radical (unpaired) electrons. The third-order valence-electron chi connectivity index (χ3n) is 2.41. The lowest BCUT2D eigenvalue weighted by atomic mass is 10.1. The molecule has 0 aliphatic heterocycles. The Kier molecular flexibility index (Phi) is 4.80. The van der Waals surface area contributed by atoms with Crippen molar-refractivity contribution in [2.24, 2.45) is 0 Å². The summed E-state index contributed by atoms with van der Waals surface area (Å²) in [4.78, 5) is 22.3. The molecule has 19 heavy (non-hydrogen) atoms. The predicted octanol–water partition coefficient (Wildman–Crippen LogP) is 1.72. The molecule has 0 aliphatic carbocycles. The number of halogens is 2. The van der Waals surface area contributed by atoms with Crippen molar-refractivity contribution in [3.8, 4) is 0 Å². The summed E-state index contributed by atoms with van der Waals surface area (Å²) < 4.78 is 36.0. The summed E-state index contributed by atoms with van der Waals surface area (Å²) in [6, 6.07) is 1.35. The Hall–Kier alpha value is -2.18. The minimum atomic E-state index is -1.34. The smallest absolute Gasteiger partial charge is 0.340 e. The van der Waals surface area contributed by atoms with Gasteiger partial charge in [0.1, 0.15) is 6.04 Å². The standard InChI is InChI=1S/C12H13F2NO4/c1-6(11(16)18-2)15-8-5-4-7(12(17)19-3)9(13)10(8)14/h4-6,15H,1-3H3. The Labute approximate surface area is 108 Å². The maximum atomic E-state index is 13.7. The molecular formula is C12H13F2NO4. The number of carbonyl (C=O) groups is 2. The number of nitrogens with one attached hydrogen (secondary N) is 1. The summed E-state index contributed by atoms with van der Waals surface area (Å²) in [5, 5.41) is 2.44. The van der Waals surface area contributed by atoms with Gasteiger partial charge in [-0.2, -0.15) is 0 Å². The summed E-state index contributed by atoms with van der Waals surface area (Å²) in [5.41, 5.74) is -0.765. The van der Waals surface area contributed by atoms with E-state index in [2.05, 4.69) is 14.8 Å². The first-order valence-corrected chi connectivity index (χ1v) is 5.33. The number of benzene rings is 1. The molecule has 5 nitrogen and oxygen atoms in total. The molecule has 7 heteroatoms. The number of esters is 2. The van der Waals surface area contributed by atoms with Crippen molar-refractivity contribution >= 4 is 17.6 Å². The Balaban J connectivity index is 3.03. The topological polar surface area (TPSA) is 64.6 Å². The van der Waals surface area contributed by atoms with Crippen molar-refractivity contribution in [1.29, 1.82) is 0 Å². The van der Waals surface area contributed by atoms with Crippen LogP contribution in [-0.4, -0.2) is 32.2 Å². The van der Waals surface area contributed by atoms with E-state index in [1.54, 1.807) is 0 Å². The number of carbonyl (C=O) groups excluding carboxylic acids is 2. The van der Waals surface area contributed by atoms with Gasteiger partial charge in [0, 0.05) is 0 Å². The Morgan fingerprint density at radius 3 is 2.32 bits per heavy atom. The normalized spacial score (nSPS) is 11.6. The second-order valence-corrected chi connectivity index (χ2v) is 3.67. The van der Waals surface area contributed by atoms with Gasteiger partial charge in [0.2, 0.25) is 0 Å². The van der Waals surface area contributed by atoms with E-state index in [9.17, 15) is 18.4 Å². The number of hydrogen-bond acceptors (Lipinski definition) is 5. The average Bonchev–Trinajstić information content (AvgIpc) is 2.42. The maximum absolute atomic E-state index is 13.7. The Morgan fingerprint density at radius 1 is 1.16 bits per heavy atom. The van der Waals surface area contributed by atoms with Gasteiger partial charge in [0.05, 0.1) is 25.5 Å². The van der Waals surface area contributed by atoms with Crippen LogP contribution in [0.15, 0.2) is 12.1 Å². The van der Waals surface area contributed by atoms with Gasteiger partial charge < -0.3 is 14.8 Å². The van der Waals surface area contributed by atoms with Crippen LogP contribution in [0.4, 0.5) is 14.5 Å². The molecule has 1 N–H and O–H groups in total. The van der Waals surface area contributed by atoms with E-state index < -0.39 is 35.2 Å². The van der Waals surface area contributed by atoms with E-state index >= 15 is 0 Å². The number of rotatable bonds is 4. The van der Waals surface area contributed by atoms with E-state index in [-0.39, 0.29) is 5.69 Å². The van der Waals surface area contributed by atoms with E-state index in [0.717, 1.165) is 19.2 Å². The molecule has 1 rings (SSSR count). The second-order valence-electron chi connectivity index (χ2n) is 3.67. The van der Waals surface area contributed by atoms with Crippen LogP contribution in [0.25, 0.3) is 0 Å². The summed E-state index contributed by atoms with van der Waals surface area (Å²) in [6.07, 6.45) is 0. The maximum Gasteiger partial charge on any atom is 0.340 e.